The molecule has 2 N–H and O–H groups in total. The van der Waals surface area contributed by atoms with E-state index in [1.54, 1.807) is 7.05 Å². The van der Waals surface area contributed by atoms with E-state index in [-0.39, 0.29) is 46.6 Å². The molecule has 0 bridgehead atoms. The highest BCUT2D eigenvalue weighted by Crippen LogP contribution is 2.40. The Balaban J connectivity index is 1.92. The molecule has 2 heterocycles. The number of likely N-dealkylation sites (N-methyl/N-ethyl adjacent to an activating group) is 1. The van der Waals surface area contributed by atoms with Gasteiger partial charge >= 0.3 is 12.2 Å². The first-order chi connectivity index (χ1) is 16.6. The molecule has 0 aromatic heterocycles. The summed E-state index contributed by atoms with van der Waals surface area (Å²) in [7, 11) is 2.98. The molecule has 180 valence electrons. The number of nitrogens with zero attached hydrogens (tertiary/aromatic N) is 3. The van der Waals surface area contributed by atoms with Gasteiger partial charge in [-0.1, -0.05) is 12.1 Å². The minimum atomic E-state index is -4.62. The van der Waals surface area contributed by atoms with Gasteiger partial charge in [0.1, 0.15) is 0 Å². The number of urea groups is 1. The molecular formula is C24H20F3N5O3. The van der Waals surface area contributed by atoms with E-state index in [4.69, 9.17) is 0 Å². The Morgan fingerprint density at radius 3 is 2.60 bits per heavy atom. The fraction of sp³-hybridized carbons (Fsp3) is 0.250. The van der Waals surface area contributed by atoms with Crippen LogP contribution in [0.1, 0.15) is 39.5 Å². The molecule has 4 amide bonds. The normalized spacial score (nSPS) is 18.1. The van der Waals surface area contributed by atoms with Crippen LogP contribution in [-0.4, -0.2) is 43.4 Å². The number of hydrogen-bond acceptors (Lipinski definition) is 4. The van der Waals surface area contributed by atoms with E-state index in [0.717, 1.165) is 17.0 Å². The van der Waals surface area contributed by atoms with Crippen molar-refractivity contribution >= 4 is 23.5 Å². The van der Waals surface area contributed by atoms with Gasteiger partial charge in [-0.15, -0.1) is 0 Å². The van der Waals surface area contributed by atoms with E-state index in [1.165, 1.54) is 42.3 Å². The van der Waals surface area contributed by atoms with E-state index in [2.05, 4.69) is 10.6 Å². The number of halogens is 3. The number of benzene rings is 2. The van der Waals surface area contributed by atoms with Crippen LogP contribution in [0.25, 0.3) is 0 Å². The van der Waals surface area contributed by atoms with Crippen molar-refractivity contribution in [3.63, 3.8) is 0 Å². The van der Waals surface area contributed by atoms with Crippen molar-refractivity contribution in [2.75, 3.05) is 25.5 Å². The predicted octanol–water partition coefficient (Wildman–Crippen LogP) is 3.32. The summed E-state index contributed by atoms with van der Waals surface area (Å²) in [5, 5.41) is 14.4. The van der Waals surface area contributed by atoms with Gasteiger partial charge in [0.2, 0.25) is 0 Å². The molecule has 8 nitrogen and oxygen atoms in total. The van der Waals surface area contributed by atoms with Crippen molar-refractivity contribution in [1.82, 2.24) is 15.5 Å². The molecule has 2 aromatic carbocycles. The summed E-state index contributed by atoms with van der Waals surface area (Å²) in [6.07, 6.45) is -4.40. The standard InChI is InChI=1S/C24H20F3N5O3/c1-29-21(33)17-10-13(12-28)6-7-16(17)20-19-18(8-9-31(2)22(19)34)32(23(35)30-20)15-5-3-4-14(11-15)24(25,26)27/h3-7,10-11,20H,8-9H2,1-2H3,(H,29,33)(H,30,35). The minimum Gasteiger partial charge on any atom is -0.355 e. The molecule has 2 aliphatic rings. The van der Waals surface area contributed by atoms with Crippen LogP contribution >= 0.6 is 0 Å². The van der Waals surface area contributed by atoms with Crippen LogP contribution in [0.5, 0.6) is 0 Å². The number of nitriles is 1. The number of carbonyl (C=O) groups excluding carboxylic acids is 3. The smallest absolute Gasteiger partial charge is 0.355 e. The van der Waals surface area contributed by atoms with Gasteiger partial charge in [0.25, 0.3) is 11.8 Å². The van der Waals surface area contributed by atoms with Crippen molar-refractivity contribution in [3.05, 3.63) is 76.0 Å². The summed E-state index contributed by atoms with van der Waals surface area (Å²) in [5.41, 5.74) is 0.0291. The van der Waals surface area contributed by atoms with Crippen molar-refractivity contribution in [1.29, 1.82) is 5.26 Å². The van der Waals surface area contributed by atoms with E-state index in [0.29, 0.717) is 0 Å². The number of alkyl halides is 3. The van der Waals surface area contributed by atoms with E-state index in [9.17, 15) is 32.8 Å². The highest BCUT2D eigenvalue weighted by Gasteiger charge is 2.43. The van der Waals surface area contributed by atoms with Crippen molar-refractivity contribution in [3.8, 4) is 6.07 Å². The summed E-state index contributed by atoms with van der Waals surface area (Å²) in [4.78, 5) is 41.7. The number of rotatable bonds is 3. The molecule has 0 saturated carbocycles. The maximum atomic E-state index is 13.3. The van der Waals surface area contributed by atoms with E-state index >= 15 is 0 Å². The summed E-state index contributed by atoms with van der Waals surface area (Å²) in [6.45, 7) is 0.253. The van der Waals surface area contributed by atoms with Gasteiger partial charge in [0.05, 0.1) is 34.5 Å². The Morgan fingerprint density at radius 2 is 1.94 bits per heavy atom. The predicted molar refractivity (Wildman–Crippen MR) is 119 cm³/mol. The van der Waals surface area contributed by atoms with Crippen LogP contribution in [0.3, 0.4) is 0 Å². The molecule has 0 aliphatic carbocycles. The number of amides is 4. The Bertz CT molecular complexity index is 1310. The molecule has 11 heteroatoms. The maximum absolute atomic E-state index is 13.3. The molecule has 0 radical (unpaired) electrons. The third-order valence-corrected chi connectivity index (χ3v) is 6.00. The number of carbonyl (C=O) groups is 3. The molecule has 0 saturated heterocycles. The summed E-state index contributed by atoms with van der Waals surface area (Å²) in [6, 6.07) is 8.78. The van der Waals surface area contributed by atoms with Crippen LogP contribution in [0.4, 0.5) is 23.7 Å². The molecule has 35 heavy (non-hydrogen) atoms. The van der Waals surface area contributed by atoms with Gasteiger partial charge in [0, 0.05) is 38.3 Å². The molecule has 1 atom stereocenters. The van der Waals surface area contributed by atoms with Crippen LogP contribution in [-0.2, 0) is 11.0 Å². The second-order valence-electron chi connectivity index (χ2n) is 8.10. The van der Waals surface area contributed by atoms with Crippen LogP contribution in [0.15, 0.2) is 53.7 Å². The summed E-state index contributed by atoms with van der Waals surface area (Å²) < 4.78 is 40.0. The zero-order chi connectivity index (χ0) is 25.5. The quantitative estimate of drug-likeness (QED) is 0.699. The van der Waals surface area contributed by atoms with Crippen molar-refractivity contribution in [2.45, 2.75) is 18.6 Å². The van der Waals surface area contributed by atoms with Crippen molar-refractivity contribution in [2.24, 2.45) is 0 Å². The fourth-order valence-corrected chi connectivity index (χ4v) is 4.28. The van der Waals surface area contributed by atoms with Crippen LogP contribution in [0, 0.1) is 11.3 Å². The molecule has 4 rings (SSSR count). The lowest BCUT2D eigenvalue weighted by atomic mass is 9.87. The van der Waals surface area contributed by atoms with Gasteiger partial charge in [-0.25, -0.2) is 4.79 Å². The first kappa shape index (κ1) is 23.8. The second kappa shape index (κ2) is 8.79. The Hall–Kier alpha value is -4.33. The highest BCUT2D eigenvalue weighted by molar-refractivity contribution is 6.06. The van der Waals surface area contributed by atoms with Gasteiger partial charge in [-0.3, -0.25) is 14.5 Å². The third-order valence-electron chi connectivity index (χ3n) is 6.00. The average molecular weight is 483 g/mol. The molecule has 0 fully saturated rings. The van der Waals surface area contributed by atoms with Gasteiger partial charge in [-0.05, 0) is 35.9 Å². The van der Waals surface area contributed by atoms with E-state index in [1.807, 2.05) is 6.07 Å². The number of hydrogen-bond donors (Lipinski definition) is 2. The Morgan fingerprint density at radius 1 is 1.20 bits per heavy atom. The highest BCUT2D eigenvalue weighted by atomic mass is 19.4. The molecule has 2 aromatic rings. The molecule has 2 aliphatic heterocycles. The summed E-state index contributed by atoms with van der Waals surface area (Å²) >= 11 is 0. The zero-order valence-electron chi connectivity index (χ0n) is 18.7. The largest absolute Gasteiger partial charge is 0.416 e. The van der Waals surface area contributed by atoms with Crippen LogP contribution in [0.2, 0.25) is 0 Å². The summed E-state index contributed by atoms with van der Waals surface area (Å²) in [5.74, 6) is -0.953. The van der Waals surface area contributed by atoms with Crippen molar-refractivity contribution < 1.29 is 27.6 Å². The lowest BCUT2D eigenvalue weighted by Crippen LogP contribution is -2.53. The zero-order valence-corrected chi connectivity index (χ0v) is 18.7. The second-order valence-corrected chi connectivity index (χ2v) is 8.10. The Kier molecular flexibility index (Phi) is 5.98. The molecular weight excluding hydrogens is 463 g/mol. The minimum absolute atomic E-state index is 0.0352. The SMILES string of the molecule is CNC(=O)c1cc(C#N)ccc1C1NC(=O)N(c2cccc(C(F)(F)F)c2)C2=C1C(=O)N(C)CC2. The van der Waals surface area contributed by atoms with Gasteiger partial charge in [-0.2, -0.15) is 18.4 Å². The number of nitrogens with one attached hydrogen (secondary N) is 2. The van der Waals surface area contributed by atoms with Gasteiger partial charge < -0.3 is 15.5 Å². The molecule has 0 spiro atoms. The lowest BCUT2D eigenvalue weighted by Gasteiger charge is -2.41. The lowest BCUT2D eigenvalue weighted by molar-refractivity contribution is -0.137. The maximum Gasteiger partial charge on any atom is 0.416 e. The Labute approximate surface area is 198 Å². The average Bonchev–Trinajstić information content (AvgIpc) is 2.84. The molecule has 1 unspecified atom stereocenters. The topological polar surface area (TPSA) is 106 Å². The van der Waals surface area contributed by atoms with E-state index < -0.39 is 35.6 Å². The monoisotopic (exact) mass is 483 g/mol. The third kappa shape index (κ3) is 4.19. The first-order valence-electron chi connectivity index (χ1n) is 10.6. The fourth-order valence-electron chi connectivity index (χ4n) is 4.28. The van der Waals surface area contributed by atoms with Gasteiger partial charge in [0.15, 0.2) is 0 Å². The first-order valence-corrected chi connectivity index (χ1v) is 10.6. The van der Waals surface area contributed by atoms with Crippen LogP contribution < -0.4 is 15.5 Å². The number of anilines is 1.